The number of hydrogen-bond donors (Lipinski definition) is 1. The first kappa shape index (κ1) is 19.9. The Morgan fingerprint density at radius 1 is 1.14 bits per heavy atom. The van der Waals surface area contributed by atoms with E-state index in [-0.39, 0.29) is 17.1 Å². The van der Waals surface area contributed by atoms with Crippen molar-refractivity contribution in [2.45, 2.75) is 31.3 Å². The molecule has 28 heavy (non-hydrogen) atoms. The number of benzene rings is 2. The Bertz CT molecular complexity index is 948. The molecule has 0 aliphatic rings. The zero-order valence-corrected chi connectivity index (χ0v) is 17.2. The number of tetrazole rings is 1. The second-order valence-electron chi connectivity index (χ2n) is 7.20. The number of rotatable bonds is 6. The first-order valence-electron chi connectivity index (χ1n) is 8.83. The molecule has 146 valence electrons. The van der Waals surface area contributed by atoms with Crippen molar-refractivity contribution >= 4 is 23.4 Å². The summed E-state index contributed by atoms with van der Waals surface area (Å²) in [7, 11) is 1.61. The van der Waals surface area contributed by atoms with Gasteiger partial charge in [0.15, 0.2) is 0 Å². The number of carbonyl (C=O) groups is 1. The Morgan fingerprint density at radius 2 is 1.86 bits per heavy atom. The molecule has 0 atom stereocenters. The predicted molar refractivity (Wildman–Crippen MR) is 110 cm³/mol. The number of carbonyl (C=O) groups excluding carboxylic acids is 1. The fraction of sp³-hybridized carbons (Fsp3) is 0.300. The molecule has 0 fully saturated rings. The van der Waals surface area contributed by atoms with Gasteiger partial charge in [-0.1, -0.05) is 50.7 Å². The van der Waals surface area contributed by atoms with E-state index >= 15 is 0 Å². The third-order valence-electron chi connectivity index (χ3n) is 4.10. The summed E-state index contributed by atoms with van der Waals surface area (Å²) in [5.41, 5.74) is 2.66. The van der Waals surface area contributed by atoms with E-state index < -0.39 is 0 Å². The summed E-state index contributed by atoms with van der Waals surface area (Å²) in [6.07, 6.45) is 0. The van der Waals surface area contributed by atoms with Crippen LogP contribution >= 0.6 is 11.8 Å². The van der Waals surface area contributed by atoms with E-state index in [4.69, 9.17) is 4.74 Å². The standard InChI is InChI=1S/C20H23N5O2S/c1-20(2,3)16-7-5-6-8-17(16)21-18(26)13-28-19-22-23-24-25(19)14-9-11-15(27-4)12-10-14/h5-12H,13H2,1-4H3,(H,21,26). The van der Waals surface area contributed by atoms with Crippen LogP contribution in [0.2, 0.25) is 0 Å². The topological polar surface area (TPSA) is 81.9 Å². The molecule has 0 radical (unpaired) electrons. The van der Waals surface area contributed by atoms with Crippen molar-refractivity contribution in [1.82, 2.24) is 20.2 Å². The number of para-hydroxylation sites is 1. The van der Waals surface area contributed by atoms with E-state index in [1.165, 1.54) is 11.8 Å². The van der Waals surface area contributed by atoms with Crippen LogP contribution in [0.5, 0.6) is 5.75 Å². The van der Waals surface area contributed by atoms with Crippen molar-refractivity contribution in [2.75, 3.05) is 18.2 Å². The van der Waals surface area contributed by atoms with Crippen LogP contribution in [0, 0.1) is 0 Å². The van der Waals surface area contributed by atoms with E-state index in [2.05, 4.69) is 41.6 Å². The summed E-state index contributed by atoms with van der Waals surface area (Å²) in [6.45, 7) is 6.36. The highest BCUT2D eigenvalue weighted by Crippen LogP contribution is 2.29. The molecule has 0 saturated carbocycles. The maximum absolute atomic E-state index is 12.5. The van der Waals surface area contributed by atoms with Gasteiger partial charge in [0.25, 0.3) is 0 Å². The number of methoxy groups -OCH3 is 1. The fourth-order valence-corrected chi connectivity index (χ4v) is 3.41. The van der Waals surface area contributed by atoms with E-state index in [1.54, 1.807) is 11.8 Å². The highest BCUT2D eigenvalue weighted by atomic mass is 32.2. The smallest absolute Gasteiger partial charge is 0.234 e. The molecule has 1 aromatic heterocycles. The molecular weight excluding hydrogens is 374 g/mol. The minimum Gasteiger partial charge on any atom is -0.497 e. The van der Waals surface area contributed by atoms with Gasteiger partial charge in [-0.25, -0.2) is 0 Å². The molecule has 1 N–H and O–H groups in total. The van der Waals surface area contributed by atoms with Crippen molar-refractivity contribution in [3.63, 3.8) is 0 Å². The summed E-state index contributed by atoms with van der Waals surface area (Å²) >= 11 is 1.28. The Balaban J connectivity index is 1.67. The Hall–Kier alpha value is -2.87. The van der Waals surface area contributed by atoms with Crippen LogP contribution in [-0.4, -0.2) is 39.0 Å². The molecule has 1 heterocycles. The molecule has 0 aliphatic heterocycles. The van der Waals surface area contributed by atoms with Gasteiger partial charge in [0.1, 0.15) is 5.75 Å². The van der Waals surface area contributed by atoms with Gasteiger partial charge in [-0.05, 0) is 51.7 Å². The molecule has 0 bridgehead atoms. The van der Waals surface area contributed by atoms with Crippen molar-refractivity contribution in [3.05, 3.63) is 54.1 Å². The molecule has 3 rings (SSSR count). The summed E-state index contributed by atoms with van der Waals surface area (Å²) in [5.74, 6) is 0.851. The van der Waals surface area contributed by atoms with Crippen LogP contribution in [0.15, 0.2) is 53.7 Å². The quantitative estimate of drug-likeness (QED) is 0.639. The Morgan fingerprint density at radius 3 is 2.54 bits per heavy atom. The average Bonchev–Trinajstić information content (AvgIpc) is 3.14. The first-order chi connectivity index (χ1) is 13.4. The number of nitrogens with one attached hydrogen (secondary N) is 1. The molecule has 1 amide bonds. The SMILES string of the molecule is COc1ccc(-n2nnnc2SCC(=O)Nc2ccccc2C(C)(C)C)cc1. The van der Waals surface area contributed by atoms with Crippen molar-refractivity contribution in [3.8, 4) is 11.4 Å². The van der Waals surface area contributed by atoms with Gasteiger partial charge in [-0.3, -0.25) is 4.79 Å². The van der Waals surface area contributed by atoms with Gasteiger partial charge in [0, 0.05) is 5.69 Å². The molecule has 0 saturated heterocycles. The molecule has 0 spiro atoms. The number of nitrogens with zero attached hydrogens (tertiary/aromatic N) is 4. The molecule has 7 nitrogen and oxygen atoms in total. The van der Waals surface area contributed by atoms with Gasteiger partial charge in [-0.15, -0.1) is 5.10 Å². The summed E-state index contributed by atoms with van der Waals surface area (Å²) in [5, 5.41) is 15.3. The van der Waals surface area contributed by atoms with Crippen LogP contribution in [-0.2, 0) is 10.2 Å². The minimum atomic E-state index is -0.106. The molecular formula is C20H23N5O2S. The van der Waals surface area contributed by atoms with E-state index in [0.29, 0.717) is 5.16 Å². The van der Waals surface area contributed by atoms with Crippen LogP contribution in [0.3, 0.4) is 0 Å². The van der Waals surface area contributed by atoms with Gasteiger partial charge in [-0.2, -0.15) is 4.68 Å². The van der Waals surface area contributed by atoms with E-state index in [9.17, 15) is 4.79 Å². The average molecular weight is 398 g/mol. The van der Waals surface area contributed by atoms with Crippen molar-refractivity contribution in [2.24, 2.45) is 0 Å². The maximum atomic E-state index is 12.5. The molecule has 0 unspecified atom stereocenters. The highest BCUT2D eigenvalue weighted by Gasteiger charge is 2.19. The number of thioether (sulfide) groups is 1. The third-order valence-corrected chi connectivity index (χ3v) is 5.02. The second kappa shape index (κ2) is 8.43. The lowest BCUT2D eigenvalue weighted by Gasteiger charge is -2.22. The van der Waals surface area contributed by atoms with E-state index in [1.807, 2.05) is 48.5 Å². The van der Waals surface area contributed by atoms with Crippen molar-refractivity contribution in [1.29, 1.82) is 0 Å². The number of ether oxygens (including phenoxy) is 1. The van der Waals surface area contributed by atoms with Gasteiger partial charge < -0.3 is 10.1 Å². The van der Waals surface area contributed by atoms with Crippen LogP contribution < -0.4 is 10.1 Å². The van der Waals surface area contributed by atoms with Gasteiger partial charge in [0.05, 0.1) is 18.6 Å². The zero-order chi connectivity index (χ0) is 20.1. The Labute approximate surface area is 168 Å². The molecule has 0 aliphatic carbocycles. The third kappa shape index (κ3) is 4.69. The lowest BCUT2D eigenvalue weighted by molar-refractivity contribution is -0.113. The largest absolute Gasteiger partial charge is 0.497 e. The Kier molecular flexibility index (Phi) is 5.99. The van der Waals surface area contributed by atoms with Gasteiger partial charge >= 0.3 is 0 Å². The van der Waals surface area contributed by atoms with Crippen LogP contribution in [0.25, 0.3) is 5.69 Å². The maximum Gasteiger partial charge on any atom is 0.234 e. The molecule has 3 aromatic rings. The zero-order valence-electron chi connectivity index (χ0n) is 16.3. The monoisotopic (exact) mass is 397 g/mol. The van der Waals surface area contributed by atoms with Gasteiger partial charge in [0.2, 0.25) is 11.1 Å². The first-order valence-corrected chi connectivity index (χ1v) is 9.82. The second-order valence-corrected chi connectivity index (χ2v) is 8.15. The van der Waals surface area contributed by atoms with Crippen LogP contribution in [0.1, 0.15) is 26.3 Å². The summed E-state index contributed by atoms with van der Waals surface area (Å²) < 4.78 is 6.76. The highest BCUT2D eigenvalue weighted by molar-refractivity contribution is 7.99. The summed E-state index contributed by atoms with van der Waals surface area (Å²) in [4.78, 5) is 12.5. The van der Waals surface area contributed by atoms with Crippen LogP contribution in [0.4, 0.5) is 5.69 Å². The minimum absolute atomic E-state index is 0.0600. The fourth-order valence-electron chi connectivity index (χ4n) is 2.72. The number of amides is 1. The molecule has 8 heteroatoms. The number of anilines is 1. The normalized spacial score (nSPS) is 11.3. The lowest BCUT2D eigenvalue weighted by atomic mass is 9.86. The summed E-state index contributed by atoms with van der Waals surface area (Å²) in [6, 6.07) is 15.2. The van der Waals surface area contributed by atoms with Crippen molar-refractivity contribution < 1.29 is 9.53 Å². The van der Waals surface area contributed by atoms with E-state index in [0.717, 1.165) is 22.7 Å². The number of hydrogen-bond acceptors (Lipinski definition) is 6. The number of aromatic nitrogens is 4. The lowest BCUT2D eigenvalue weighted by Crippen LogP contribution is -2.20. The predicted octanol–water partition coefficient (Wildman–Crippen LogP) is 3.70. The molecule has 2 aromatic carbocycles.